The normalized spacial score (nSPS) is 19.3. The Hall–Kier alpha value is -4.17. The SMILES string of the molecule is C[C@H](OCc1ccccc1)[C@@H](NC(=O)OCC1c2ccccc2-c2ccccc21)C(=O)NC1CCC(C(=O)O)CC1. The zero-order chi connectivity index (χ0) is 28.8. The van der Waals surface area contributed by atoms with Gasteiger partial charge in [0.15, 0.2) is 0 Å². The van der Waals surface area contributed by atoms with Gasteiger partial charge in [-0.25, -0.2) is 4.79 Å². The summed E-state index contributed by atoms with van der Waals surface area (Å²) in [5, 5.41) is 15.0. The van der Waals surface area contributed by atoms with Gasteiger partial charge in [-0.1, -0.05) is 78.9 Å². The smallest absolute Gasteiger partial charge is 0.407 e. The van der Waals surface area contributed by atoms with Crippen molar-refractivity contribution in [1.82, 2.24) is 10.6 Å². The number of hydrogen-bond donors (Lipinski definition) is 3. The topological polar surface area (TPSA) is 114 Å². The minimum absolute atomic E-state index is 0.100. The van der Waals surface area contributed by atoms with Gasteiger partial charge in [-0.3, -0.25) is 9.59 Å². The molecule has 1 fully saturated rings. The number of carbonyl (C=O) groups excluding carboxylic acids is 2. The van der Waals surface area contributed by atoms with Gasteiger partial charge in [-0.2, -0.15) is 0 Å². The third-order valence-electron chi connectivity index (χ3n) is 8.15. The van der Waals surface area contributed by atoms with Crippen molar-refractivity contribution >= 4 is 18.0 Å². The van der Waals surface area contributed by atoms with Crippen LogP contribution in [0.2, 0.25) is 0 Å². The monoisotopic (exact) mass is 556 g/mol. The standard InChI is InChI=1S/C33H36N2O6/c1-21(40-19-22-9-3-2-4-10-22)30(31(36)34-24-17-15-23(16-18-24)32(37)38)35-33(39)41-20-29-27-13-7-5-11-25(27)26-12-6-8-14-28(26)29/h2-14,21,23-24,29-30H,15-20H2,1H3,(H,34,36)(H,35,39)(H,37,38)/t21-,23?,24?,30+/m0/s1. The van der Waals surface area contributed by atoms with Gasteiger partial charge >= 0.3 is 12.1 Å². The van der Waals surface area contributed by atoms with Crippen molar-refractivity contribution in [3.8, 4) is 11.1 Å². The number of carbonyl (C=O) groups is 3. The number of fused-ring (bicyclic) bond motifs is 3. The van der Waals surface area contributed by atoms with Crippen LogP contribution in [0, 0.1) is 5.92 Å². The summed E-state index contributed by atoms with van der Waals surface area (Å²) in [7, 11) is 0. The van der Waals surface area contributed by atoms with Crippen LogP contribution in [-0.2, 0) is 25.7 Å². The fraction of sp³-hybridized carbons (Fsp3) is 0.364. The summed E-state index contributed by atoms with van der Waals surface area (Å²) in [6.07, 6.45) is 0.803. The van der Waals surface area contributed by atoms with Crippen LogP contribution in [0.1, 0.15) is 55.2 Å². The number of rotatable bonds is 10. The van der Waals surface area contributed by atoms with Crippen LogP contribution in [0.25, 0.3) is 11.1 Å². The van der Waals surface area contributed by atoms with Crippen LogP contribution in [0.15, 0.2) is 78.9 Å². The van der Waals surface area contributed by atoms with E-state index in [4.69, 9.17) is 9.47 Å². The first kappa shape index (κ1) is 28.4. The van der Waals surface area contributed by atoms with Crippen LogP contribution in [0.4, 0.5) is 4.79 Å². The van der Waals surface area contributed by atoms with Gasteiger partial charge < -0.3 is 25.2 Å². The second-order valence-corrected chi connectivity index (χ2v) is 10.8. The lowest BCUT2D eigenvalue weighted by Crippen LogP contribution is -2.55. The summed E-state index contributed by atoms with van der Waals surface area (Å²) < 4.78 is 11.7. The van der Waals surface area contributed by atoms with Crippen LogP contribution in [0.5, 0.6) is 0 Å². The van der Waals surface area contributed by atoms with Crippen LogP contribution < -0.4 is 10.6 Å². The molecule has 0 unspecified atom stereocenters. The molecule has 8 heteroatoms. The summed E-state index contributed by atoms with van der Waals surface area (Å²) in [6.45, 7) is 2.16. The molecule has 2 atom stereocenters. The summed E-state index contributed by atoms with van der Waals surface area (Å²) >= 11 is 0. The number of ether oxygens (including phenoxy) is 2. The number of nitrogens with one attached hydrogen (secondary N) is 2. The van der Waals surface area contributed by atoms with Gasteiger partial charge in [-0.15, -0.1) is 0 Å². The van der Waals surface area contributed by atoms with Gasteiger partial charge in [0, 0.05) is 12.0 Å². The lowest BCUT2D eigenvalue weighted by atomic mass is 9.86. The Labute approximate surface area is 240 Å². The molecule has 1 saturated carbocycles. The summed E-state index contributed by atoms with van der Waals surface area (Å²) in [4.78, 5) is 37.8. The second-order valence-electron chi connectivity index (χ2n) is 10.8. The Kier molecular flexibility index (Phi) is 8.99. The molecule has 0 radical (unpaired) electrons. The molecule has 0 aliphatic heterocycles. The van der Waals surface area contributed by atoms with Crippen molar-refractivity contribution in [2.75, 3.05) is 6.61 Å². The molecule has 214 valence electrons. The van der Waals surface area contributed by atoms with E-state index >= 15 is 0 Å². The average Bonchev–Trinajstić information content (AvgIpc) is 3.32. The molecule has 0 heterocycles. The highest BCUT2D eigenvalue weighted by atomic mass is 16.5. The molecule has 2 aliphatic rings. The zero-order valence-electron chi connectivity index (χ0n) is 23.1. The predicted molar refractivity (Wildman–Crippen MR) is 154 cm³/mol. The lowest BCUT2D eigenvalue weighted by Gasteiger charge is -2.30. The third kappa shape index (κ3) is 6.77. The Morgan fingerprint density at radius 1 is 0.854 bits per heavy atom. The van der Waals surface area contributed by atoms with E-state index in [1.807, 2.05) is 54.6 Å². The molecule has 0 bridgehead atoms. The Bertz CT molecular complexity index is 1320. The Balaban J connectivity index is 1.24. The average molecular weight is 557 g/mol. The lowest BCUT2D eigenvalue weighted by molar-refractivity contribution is -0.142. The molecule has 5 rings (SSSR count). The maximum Gasteiger partial charge on any atom is 0.407 e. The summed E-state index contributed by atoms with van der Waals surface area (Å²) in [5.74, 6) is -1.66. The van der Waals surface area contributed by atoms with E-state index in [9.17, 15) is 19.5 Å². The molecule has 0 aromatic heterocycles. The summed E-state index contributed by atoms with van der Waals surface area (Å²) in [6, 6.07) is 24.7. The minimum atomic E-state index is -0.994. The van der Waals surface area contributed by atoms with E-state index in [1.54, 1.807) is 6.92 Å². The largest absolute Gasteiger partial charge is 0.481 e. The molecule has 0 saturated heterocycles. The van der Waals surface area contributed by atoms with Crippen LogP contribution >= 0.6 is 0 Å². The van der Waals surface area contributed by atoms with E-state index in [0.29, 0.717) is 25.7 Å². The van der Waals surface area contributed by atoms with Crippen LogP contribution in [0.3, 0.4) is 0 Å². The third-order valence-corrected chi connectivity index (χ3v) is 8.15. The van der Waals surface area contributed by atoms with Crippen molar-refractivity contribution < 1.29 is 29.0 Å². The van der Waals surface area contributed by atoms with Crippen molar-refractivity contribution in [1.29, 1.82) is 0 Å². The first-order valence-corrected chi connectivity index (χ1v) is 14.2. The highest BCUT2D eigenvalue weighted by Gasteiger charge is 2.34. The van der Waals surface area contributed by atoms with Gasteiger partial charge in [-0.05, 0) is 60.4 Å². The molecule has 2 aliphatic carbocycles. The molecule has 3 aromatic carbocycles. The number of hydrogen-bond acceptors (Lipinski definition) is 5. The first-order chi connectivity index (χ1) is 19.9. The maximum absolute atomic E-state index is 13.4. The van der Waals surface area contributed by atoms with Crippen molar-refractivity contribution in [3.63, 3.8) is 0 Å². The Morgan fingerprint density at radius 2 is 1.44 bits per heavy atom. The predicted octanol–water partition coefficient (Wildman–Crippen LogP) is 5.26. The number of aliphatic carboxylic acids is 1. The molecule has 0 spiro atoms. The van der Waals surface area contributed by atoms with Gasteiger partial charge in [0.2, 0.25) is 5.91 Å². The van der Waals surface area contributed by atoms with Gasteiger partial charge in [0.25, 0.3) is 0 Å². The molecule has 3 aromatic rings. The molecular formula is C33H36N2O6. The van der Waals surface area contributed by atoms with E-state index in [1.165, 1.54) is 0 Å². The van der Waals surface area contributed by atoms with E-state index < -0.39 is 24.2 Å². The zero-order valence-corrected chi connectivity index (χ0v) is 23.1. The van der Waals surface area contributed by atoms with Crippen LogP contribution in [-0.4, -0.2) is 47.9 Å². The minimum Gasteiger partial charge on any atom is -0.481 e. The molecule has 2 amide bonds. The van der Waals surface area contributed by atoms with Crippen molar-refractivity contribution in [2.45, 2.75) is 63.3 Å². The van der Waals surface area contributed by atoms with E-state index in [0.717, 1.165) is 27.8 Å². The molecule has 3 N–H and O–H groups in total. The highest BCUT2D eigenvalue weighted by Crippen LogP contribution is 2.44. The number of amides is 2. The molecule has 41 heavy (non-hydrogen) atoms. The number of carboxylic acid groups (broad SMARTS) is 1. The maximum atomic E-state index is 13.4. The summed E-state index contributed by atoms with van der Waals surface area (Å²) in [5.41, 5.74) is 5.43. The Morgan fingerprint density at radius 3 is 2.05 bits per heavy atom. The number of alkyl carbamates (subject to hydrolysis) is 1. The second kappa shape index (κ2) is 13.0. The molecular weight excluding hydrogens is 520 g/mol. The highest BCUT2D eigenvalue weighted by molar-refractivity contribution is 5.86. The van der Waals surface area contributed by atoms with Gasteiger partial charge in [0.1, 0.15) is 12.6 Å². The number of benzene rings is 3. The fourth-order valence-corrected chi connectivity index (χ4v) is 5.84. The van der Waals surface area contributed by atoms with Crippen molar-refractivity contribution in [2.24, 2.45) is 5.92 Å². The molecule has 8 nitrogen and oxygen atoms in total. The van der Waals surface area contributed by atoms with E-state index in [-0.39, 0.29) is 37.0 Å². The number of carboxylic acids is 1. The quantitative estimate of drug-likeness (QED) is 0.314. The first-order valence-electron chi connectivity index (χ1n) is 14.2. The van der Waals surface area contributed by atoms with Crippen molar-refractivity contribution in [3.05, 3.63) is 95.6 Å². The fourth-order valence-electron chi connectivity index (χ4n) is 5.84. The van der Waals surface area contributed by atoms with E-state index in [2.05, 4.69) is 34.9 Å². The van der Waals surface area contributed by atoms with Gasteiger partial charge in [0.05, 0.1) is 18.6 Å².